The SMILES string of the molecule is CCCOc1nc(N)nc(N2CCCC(C(F)(F)F)C2)n1. The number of nitrogens with two attached hydrogens (primary N) is 1. The first-order valence-corrected chi connectivity index (χ1v) is 6.86. The Bertz CT molecular complexity index is 482. The van der Waals surface area contributed by atoms with Gasteiger partial charge in [0.2, 0.25) is 11.9 Å². The van der Waals surface area contributed by atoms with Gasteiger partial charge in [0, 0.05) is 13.1 Å². The van der Waals surface area contributed by atoms with E-state index in [0.717, 1.165) is 6.42 Å². The van der Waals surface area contributed by atoms with Crippen molar-refractivity contribution in [2.24, 2.45) is 5.92 Å². The zero-order chi connectivity index (χ0) is 15.5. The summed E-state index contributed by atoms with van der Waals surface area (Å²) in [6.07, 6.45) is -2.89. The van der Waals surface area contributed by atoms with Crippen LogP contribution < -0.4 is 15.4 Å². The lowest BCUT2D eigenvalue weighted by atomic mass is 9.98. The van der Waals surface area contributed by atoms with E-state index in [1.54, 1.807) is 0 Å². The minimum absolute atomic E-state index is 0.0495. The van der Waals surface area contributed by atoms with E-state index in [-0.39, 0.29) is 30.9 Å². The van der Waals surface area contributed by atoms with Crippen molar-refractivity contribution < 1.29 is 17.9 Å². The van der Waals surface area contributed by atoms with Gasteiger partial charge in [-0.05, 0) is 19.3 Å². The van der Waals surface area contributed by atoms with Crippen molar-refractivity contribution >= 4 is 11.9 Å². The van der Waals surface area contributed by atoms with Crippen molar-refractivity contribution in [3.63, 3.8) is 0 Å². The van der Waals surface area contributed by atoms with Gasteiger partial charge in [-0.3, -0.25) is 0 Å². The Kier molecular flexibility index (Phi) is 4.69. The largest absolute Gasteiger partial charge is 0.463 e. The molecule has 0 aliphatic carbocycles. The first-order valence-electron chi connectivity index (χ1n) is 6.86. The summed E-state index contributed by atoms with van der Waals surface area (Å²) in [5.74, 6) is -1.29. The number of nitrogen functional groups attached to an aromatic ring is 1. The average Bonchev–Trinajstić information content (AvgIpc) is 2.44. The van der Waals surface area contributed by atoms with Crippen LogP contribution in [0.1, 0.15) is 26.2 Å². The van der Waals surface area contributed by atoms with E-state index in [4.69, 9.17) is 10.5 Å². The molecule has 0 spiro atoms. The third-order valence-corrected chi connectivity index (χ3v) is 3.22. The third-order valence-electron chi connectivity index (χ3n) is 3.22. The van der Waals surface area contributed by atoms with Crippen LogP contribution in [0, 0.1) is 5.92 Å². The van der Waals surface area contributed by atoms with Gasteiger partial charge in [0.05, 0.1) is 12.5 Å². The second kappa shape index (κ2) is 6.31. The number of halogens is 3. The molecule has 0 bridgehead atoms. The molecule has 1 fully saturated rings. The monoisotopic (exact) mass is 305 g/mol. The maximum atomic E-state index is 12.8. The van der Waals surface area contributed by atoms with E-state index in [1.165, 1.54) is 4.90 Å². The summed E-state index contributed by atoms with van der Waals surface area (Å²) >= 11 is 0. The van der Waals surface area contributed by atoms with Crippen molar-refractivity contribution in [2.75, 3.05) is 30.3 Å². The number of anilines is 2. The fourth-order valence-electron chi connectivity index (χ4n) is 2.19. The lowest BCUT2D eigenvalue weighted by Gasteiger charge is -2.33. The Morgan fingerprint density at radius 3 is 2.76 bits per heavy atom. The van der Waals surface area contributed by atoms with Gasteiger partial charge in [-0.15, -0.1) is 0 Å². The van der Waals surface area contributed by atoms with Gasteiger partial charge in [-0.2, -0.15) is 28.1 Å². The van der Waals surface area contributed by atoms with Gasteiger partial charge in [-0.1, -0.05) is 6.92 Å². The predicted octanol–water partition coefficient (Wildman–Crippen LogP) is 2.02. The molecule has 1 atom stereocenters. The highest BCUT2D eigenvalue weighted by Crippen LogP contribution is 2.34. The molecular formula is C12H18F3N5O. The molecule has 1 saturated heterocycles. The van der Waals surface area contributed by atoms with Gasteiger partial charge in [0.1, 0.15) is 0 Å². The number of hydrogen-bond acceptors (Lipinski definition) is 6. The molecule has 2 heterocycles. The maximum Gasteiger partial charge on any atom is 0.393 e. The highest BCUT2D eigenvalue weighted by Gasteiger charge is 2.42. The quantitative estimate of drug-likeness (QED) is 0.917. The van der Waals surface area contributed by atoms with E-state index >= 15 is 0 Å². The van der Waals surface area contributed by atoms with Crippen LogP contribution in [-0.4, -0.2) is 40.8 Å². The van der Waals surface area contributed by atoms with Gasteiger partial charge < -0.3 is 15.4 Å². The zero-order valence-electron chi connectivity index (χ0n) is 11.7. The van der Waals surface area contributed by atoms with Gasteiger partial charge in [0.25, 0.3) is 0 Å². The Morgan fingerprint density at radius 1 is 1.33 bits per heavy atom. The molecule has 21 heavy (non-hydrogen) atoms. The normalized spacial score (nSPS) is 19.6. The molecule has 9 heteroatoms. The standard InChI is InChI=1S/C12H18F3N5O/c1-2-6-21-11-18-9(16)17-10(19-11)20-5-3-4-8(7-20)12(13,14)15/h8H,2-7H2,1H3,(H2,16,17,18,19). The molecule has 2 rings (SSSR count). The van der Waals surface area contributed by atoms with Gasteiger partial charge >= 0.3 is 12.2 Å². The molecule has 0 amide bonds. The van der Waals surface area contributed by atoms with Crippen molar-refractivity contribution in [3.05, 3.63) is 0 Å². The number of piperidine rings is 1. The summed E-state index contributed by atoms with van der Waals surface area (Å²) in [5.41, 5.74) is 5.57. The summed E-state index contributed by atoms with van der Waals surface area (Å²) in [4.78, 5) is 13.3. The lowest BCUT2D eigenvalue weighted by Crippen LogP contribution is -2.42. The number of rotatable bonds is 4. The van der Waals surface area contributed by atoms with Crippen molar-refractivity contribution in [2.45, 2.75) is 32.4 Å². The number of alkyl halides is 3. The Morgan fingerprint density at radius 2 is 2.10 bits per heavy atom. The topological polar surface area (TPSA) is 77.2 Å². The summed E-state index contributed by atoms with van der Waals surface area (Å²) in [6.45, 7) is 2.63. The van der Waals surface area contributed by atoms with E-state index in [1.807, 2.05) is 6.92 Å². The third kappa shape index (κ3) is 4.08. The van der Waals surface area contributed by atoms with Crippen LogP contribution >= 0.6 is 0 Å². The number of ether oxygens (including phenoxy) is 1. The second-order valence-corrected chi connectivity index (χ2v) is 4.95. The number of aromatic nitrogens is 3. The van der Waals surface area contributed by atoms with E-state index in [9.17, 15) is 13.2 Å². The Hall–Kier alpha value is -1.80. The molecule has 1 aliphatic heterocycles. The molecule has 0 radical (unpaired) electrons. The zero-order valence-corrected chi connectivity index (χ0v) is 11.7. The molecular weight excluding hydrogens is 287 g/mol. The smallest absolute Gasteiger partial charge is 0.393 e. The fourth-order valence-corrected chi connectivity index (χ4v) is 2.19. The van der Waals surface area contributed by atoms with Gasteiger partial charge in [0.15, 0.2) is 0 Å². The highest BCUT2D eigenvalue weighted by atomic mass is 19.4. The molecule has 1 aromatic heterocycles. The molecule has 2 N–H and O–H groups in total. The second-order valence-electron chi connectivity index (χ2n) is 4.95. The van der Waals surface area contributed by atoms with E-state index < -0.39 is 12.1 Å². The molecule has 1 aliphatic rings. The van der Waals surface area contributed by atoms with Crippen LogP contribution in [0.15, 0.2) is 0 Å². The average molecular weight is 305 g/mol. The van der Waals surface area contributed by atoms with Crippen molar-refractivity contribution in [1.29, 1.82) is 0 Å². The van der Waals surface area contributed by atoms with Crippen LogP contribution in [0.3, 0.4) is 0 Å². The van der Waals surface area contributed by atoms with Crippen LogP contribution in [0.25, 0.3) is 0 Å². The van der Waals surface area contributed by atoms with Crippen LogP contribution in [0.4, 0.5) is 25.1 Å². The van der Waals surface area contributed by atoms with E-state index in [2.05, 4.69) is 15.0 Å². The summed E-state index contributed by atoms with van der Waals surface area (Å²) in [7, 11) is 0. The number of nitrogens with zero attached hydrogens (tertiary/aromatic N) is 4. The molecule has 0 aromatic carbocycles. The van der Waals surface area contributed by atoms with E-state index in [0.29, 0.717) is 19.6 Å². The molecule has 0 saturated carbocycles. The van der Waals surface area contributed by atoms with Crippen molar-refractivity contribution in [1.82, 2.24) is 15.0 Å². The molecule has 118 valence electrons. The van der Waals surface area contributed by atoms with Gasteiger partial charge in [-0.25, -0.2) is 0 Å². The fraction of sp³-hybridized carbons (Fsp3) is 0.750. The highest BCUT2D eigenvalue weighted by molar-refractivity contribution is 5.36. The van der Waals surface area contributed by atoms with Crippen LogP contribution in [0.5, 0.6) is 6.01 Å². The first kappa shape index (κ1) is 15.6. The minimum atomic E-state index is -4.21. The first-order chi connectivity index (χ1) is 9.90. The predicted molar refractivity (Wildman–Crippen MR) is 71.0 cm³/mol. The maximum absolute atomic E-state index is 12.8. The summed E-state index contributed by atoms with van der Waals surface area (Å²) in [5, 5.41) is 0. The molecule has 6 nitrogen and oxygen atoms in total. The van der Waals surface area contributed by atoms with Crippen LogP contribution in [0.2, 0.25) is 0 Å². The Labute approximate surface area is 120 Å². The molecule has 1 unspecified atom stereocenters. The summed E-state index contributed by atoms with van der Waals surface area (Å²) in [6, 6.07) is 0.0495. The summed E-state index contributed by atoms with van der Waals surface area (Å²) < 4.78 is 43.7. The van der Waals surface area contributed by atoms with Crippen molar-refractivity contribution in [3.8, 4) is 6.01 Å². The Balaban J connectivity index is 2.15. The lowest BCUT2D eigenvalue weighted by molar-refractivity contribution is -0.176. The minimum Gasteiger partial charge on any atom is -0.463 e. The molecule has 1 aromatic rings. The van der Waals surface area contributed by atoms with Crippen LogP contribution in [-0.2, 0) is 0 Å². The number of hydrogen-bond donors (Lipinski definition) is 1.